The zero-order chi connectivity index (χ0) is 12.7. The molecule has 0 aromatic heterocycles. The second kappa shape index (κ2) is 4.27. The smallest absolute Gasteiger partial charge is 0.225 e. The Hall–Kier alpha value is -0.570. The normalized spacial score (nSPS) is 25.5. The van der Waals surface area contributed by atoms with Crippen LogP contribution in [0.1, 0.15) is 40.5 Å². The van der Waals surface area contributed by atoms with E-state index in [4.69, 9.17) is 0 Å². The SMILES string of the molecule is CC(C(=O)N1CCC2(CC1)CNC2)C(C)(C)C. The third-order valence-electron chi connectivity index (χ3n) is 4.81. The van der Waals surface area contributed by atoms with Gasteiger partial charge >= 0.3 is 0 Å². The van der Waals surface area contributed by atoms with Gasteiger partial charge in [-0.1, -0.05) is 27.7 Å². The minimum absolute atomic E-state index is 0.0737. The molecule has 1 atom stereocenters. The van der Waals surface area contributed by atoms with Gasteiger partial charge in [0.2, 0.25) is 5.91 Å². The predicted molar refractivity (Wildman–Crippen MR) is 69.7 cm³/mol. The number of rotatable bonds is 1. The van der Waals surface area contributed by atoms with Gasteiger partial charge in [0.05, 0.1) is 0 Å². The summed E-state index contributed by atoms with van der Waals surface area (Å²) in [6.45, 7) is 12.7. The highest BCUT2D eigenvalue weighted by atomic mass is 16.2. The summed E-state index contributed by atoms with van der Waals surface area (Å²) < 4.78 is 0. The van der Waals surface area contributed by atoms with Gasteiger partial charge in [0, 0.05) is 32.1 Å². The first kappa shape index (κ1) is 12.9. The van der Waals surface area contributed by atoms with Gasteiger partial charge in [-0.2, -0.15) is 0 Å². The molecule has 0 aromatic carbocycles. The molecule has 2 saturated heterocycles. The van der Waals surface area contributed by atoms with Crippen LogP contribution in [-0.2, 0) is 4.79 Å². The molecule has 3 heteroatoms. The number of hydrogen-bond donors (Lipinski definition) is 1. The molecule has 2 fully saturated rings. The molecule has 1 spiro atoms. The minimum atomic E-state index is 0.0737. The lowest BCUT2D eigenvalue weighted by atomic mass is 9.73. The summed E-state index contributed by atoms with van der Waals surface area (Å²) in [6.07, 6.45) is 2.37. The van der Waals surface area contributed by atoms with E-state index in [9.17, 15) is 4.79 Å². The van der Waals surface area contributed by atoms with E-state index >= 15 is 0 Å². The first-order valence-corrected chi connectivity index (χ1v) is 6.84. The monoisotopic (exact) mass is 238 g/mol. The molecule has 17 heavy (non-hydrogen) atoms. The minimum Gasteiger partial charge on any atom is -0.342 e. The van der Waals surface area contributed by atoms with Crippen LogP contribution in [0.15, 0.2) is 0 Å². The fourth-order valence-corrected chi connectivity index (χ4v) is 2.68. The second-order valence-electron chi connectivity index (χ2n) is 7.02. The van der Waals surface area contributed by atoms with E-state index in [1.165, 1.54) is 12.8 Å². The lowest BCUT2D eigenvalue weighted by Crippen LogP contribution is -2.59. The molecule has 0 aliphatic carbocycles. The molecular weight excluding hydrogens is 212 g/mol. The summed E-state index contributed by atoms with van der Waals surface area (Å²) in [5, 5.41) is 3.36. The molecule has 3 nitrogen and oxygen atoms in total. The van der Waals surface area contributed by atoms with Crippen LogP contribution in [0.3, 0.4) is 0 Å². The van der Waals surface area contributed by atoms with E-state index < -0.39 is 0 Å². The number of amides is 1. The van der Waals surface area contributed by atoms with Crippen molar-refractivity contribution in [3.8, 4) is 0 Å². The van der Waals surface area contributed by atoms with Crippen LogP contribution in [0, 0.1) is 16.7 Å². The van der Waals surface area contributed by atoms with Crippen molar-refractivity contribution in [2.75, 3.05) is 26.2 Å². The Morgan fingerprint density at radius 3 is 2.12 bits per heavy atom. The predicted octanol–water partition coefficient (Wildman–Crippen LogP) is 1.88. The topological polar surface area (TPSA) is 32.3 Å². The maximum atomic E-state index is 12.4. The van der Waals surface area contributed by atoms with Crippen molar-refractivity contribution in [2.45, 2.75) is 40.5 Å². The number of nitrogens with one attached hydrogen (secondary N) is 1. The Labute approximate surface area is 105 Å². The number of carbonyl (C=O) groups excluding carboxylic acids is 1. The molecule has 1 N–H and O–H groups in total. The molecule has 0 saturated carbocycles. The first-order chi connectivity index (χ1) is 7.84. The van der Waals surface area contributed by atoms with Gasteiger partial charge in [-0.3, -0.25) is 4.79 Å². The quantitative estimate of drug-likeness (QED) is 0.756. The van der Waals surface area contributed by atoms with Crippen molar-refractivity contribution in [1.29, 1.82) is 0 Å². The highest BCUT2D eigenvalue weighted by molar-refractivity contribution is 5.79. The van der Waals surface area contributed by atoms with E-state index in [0.29, 0.717) is 11.3 Å². The third kappa shape index (κ3) is 2.49. The molecule has 2 aliphatic heterocycles. The third-order valence-corrected chi connectivity index (χ3v) is 4.81. The van der Waals surface area contributed by atoms with Gasteiger partial charge in [-0.25, -0.2) is 0 Å². The van der Waals surface area contributed by atoms with Crippen LogP contribution in [0.4, 0.5) is 0 Å². The van der Waals surface area contributed by atoms with E-state index in [0.717, 1.165) is 26.2 Å². The van der Waals surface area contributed by atoms with E-state index in [1.54, 1.807) is 0 Å². The number of nitrogens with zero attached hydrogens (tertiary/aromatic N) is 1. The molecular formula is C14H26N2O. The van der Waals surface area contributed by atoms with Gasteiger partial charge in [-0.05, 0) is 23.7 Å². The zero-order valence-electron chi connectivity index (χ0n) is 11.7. The highest BCUT2D eigenvalue weighted by Gasteiger charge is 2.41. The summed E-state index contributed by atoms with van der Waals surface area (Å²) in [5.41, 5.74) is 0.603. The Kier molecular flexibility index (Phi) is 3.23. The van der Waals surface area contributed by atoms with Crippen molar-refractivity contribution in [3.63, 3.8) is 0 Å². The Balaban J connectivity index is 1.90. The van der Waals surface area contributed by atoms with Crippen LogP contribution in [0.5, 0.6) is 0 Å². The largest absolute Gasteiger partial charge is 0.342 e. The van der Waals surface area contributed by atoms with Crippen molar-refractivity contribution in [3.05, 3.63) is 0 Å². The molecule has 0 bridgehead atoms. The van der Waals surface area contributed by atoms with Crippen molar-refractivity contribution >= 4 is 5.91 Å². The maximum Gasteiger partial charge on any atom is 0.225 e. The molecule has 2 rings (SSSR count). The van der Waals surface area contributed by atoms with E-state index in [2.05, 4.69) is 37.9 Å². The van der Waals surface area contributed by atoms with Gasteiger partial charge in [0.25, 0.3) is 0 Å². The Morgan fingerprint density at radius 2 is 1.76 bits per heavy atom. The van der Waals surface area contributed by atoms with Crippen LogP contribution >= 0.6 is 0 Å². The average molecular weight is 238 g/mol. The number of likely N-dealkylation sites (tertiary alicyclic amines) is 1. The summed E-state index contributed by atoms with van der Waals surface area (Å²) in [5.74, 6) is 0.468. The van der Waals surface area contributed by atoms with E-state index in [-0.39, 0.29) is 11.3 Å². The maximum absolute atomic E-state index is 12.4. The lowest BCUT2D eigenvalue weighted by molar-refractivity contribution is -0.141. The molecule has 1 amide bonds. The standard InChI is InChI=1S/C14H26N2O/c1-11(13(2,3)4)12(17)16-7-5-14(6-8-16)9-15-10-14/h11,15H,5-10H2,1-4H3. The van der Waals surface area contributed by atoms with Gasteiger partial charge in [-0.15, -0.1) is 0 Å². The molecule has 2 heterocycles. The van der Waals surface area contributed by atoms with Gasteiger partial charge < -0.3 is 10.2 Å². The second-order valence-corrected chi connectivity index (χ2v) is 7.02. The van der Waals surface area contributed by atoms with Crippen LogP contribution in [-0.4, -0.2) is 37.0 Å². The lowest BCUT2D eigenvalue weighted by Gasteiger charge is -2.49. The fraction of sp³-hybridized carbons (Fsp3) is 0.929. The van der Waals surface area contributed by atoms with Gasteiger partial charge in [0.15, 0.2) is 0 Å². The summed E-state index contributed by atoms with van der Waals surface area (Å²) in [6, 6.07) is 0. The van der Waals surface area contributed by atoms with Crippen LogP contribution < -0.4 is 5.32 Å². The zero-order valence-corrected chi connectivity index (χ0v) is 11.7. The first-order valence-electron chi connectivity index (χ1n) is 6.84. The molecule has 1 unspecified atom stereocenters. The van der Waals surface area contributed by atoms with Crippen LogP contribution in [0.2, 0.25) is 0 Å². The number of piperidine rings is 1. The van der Waals surface area contributed by atoms with E-state index in [1.807, 2.05) is 0 Å². The summed E-state index contributed by atoms with van der Waals surface area (Å²) >= 11 is 0. The van der Waals surface area contributed by atoms with Crippen molar-refractivity contribution in [2.24, 2.45) is 16.7 Å². The fourth-order valence-electron chi connectivity index (χ4n) is 2.68. The van der Waals surface area contributed by atoms with Crippen molar-refractivity contribution in [1.82, 2.24) is 10.2 Å². The number of hydrogen-bond acceptors (Lipinski definition) is 2. The Bertz CT molecular complexity index is 292. The highest BCUT2D eigenvalue weighted by Crippen LogP contribution is 2.36. The average Bonchev–Trinajstić information content (AvgIpc) is 2.24. The summed E-state index contributed by atoms with van der Waals surface area (Å²) in [7, 11) is 0. The molecule has 0 aromatic rings. The molecule has 2 aliphatic rings. The van der Waals surface area contributed by atoms with Gasteiger partial charge in [0.1, 0.15) is 0 Å². The summed E-state index contributed by atoms with van der Waals surface area (Å²) in [4.78, 5) is 14.5. The number of carbonyl (C=O) groups is 1. The van der Waals surface area contributed by atoms with Crippen LogP contribution in [0.25, 0.3) is 0 Å². The molecule has 0 radical (unpaired) electrons. The van der Waals surface area contributed by atoms with Crippen molar-refractivity contribution < 1.29 is 4.79 Å². The molecule has 98 valence electrons. The Morgan fingerprint density at radius 1 is 1.24 bits per heavy atom.